The Balaban J connectivity index is 3.07. The number of carbonyl (C=O) groups excluding carboxylic acids is 1. The Bertz CT molecular complexity index is 321. The Hall–Kier alpha value is -1.25. The highest BCUT2D eigenvalue weighted by molar-refractivity contribution is 5.92. The summed E-state index contributed by atoms with van der Waals surface area (Å²) in [7, 11) is 1.37. The van der Waals surface area contributed by atoms with E-state index in [0.717, 1.165) is 5.57 Å². The van der Waals surface area contributed by atoms with Gasteiger partial charge in [0.2, 0.25) is 0 Å². The van der Waals surface area contributed by atoms with Gasteiger partial charge in [-0.2, -0.15) is 0 Å². The van der Waals surface area contributed by atoms with Crippen molar-refractivity contribution < 1.29 is 14.3 Å². The minimum Gasteiger partial charge on any atom is -0.487 e. The SMILES string of the molecule is COC(=O)C1=C(C)OC(C)(C)C(C)=C1. The third-order valence-corrected chi connectivity index (χ3v) is 2.50. The number of esters is 1. The van der Waals surface area contributed by atoms with E-state index in [1.807, 2.05) is 26.8 Å². The second-order valence-electron chi connectivity index (χ2n) is 3.90. The summed E-state index contributed by atoms with van der Waals surface area (Å²) in [6.07, 6.45) is 1.82. The molecule has 1 rings (SSSR count). The first kappa shape index (κ1) is 10.8. The summed E-state index contributed by atoms with van der Waals surface area (Å²) in [5, 5.41) is 0. The lowest BCUT2D eigenvalue weighted by Crippen LogP contribution is -2.29. The van der Waals surface area contributed by atoms with Gasteiger partial charge in [0.1, 0.15) is 11.4 Å². The number of allylic oxidation sites excluding steroid dienone is 1. The Morgan fingerprint density at radius 1 is 1.43 bits per heavy atom. The van der Waals surface area contributed by atoms with Crippen LogP contribution in [0.15, 0.2) is 23.0 Å². The van der Waals surface area contributed by atoms with Crippen molar-refractivity contribution in [2.45, 2.75) is 33.3 Å². The number of carbonyl (C=O) groups is 1. The largest absolute Gasteiger partial charge is 0.487 e. The zero-order valence-electron chi connectivity index (χ0n) is 9.30. The van der Waals surface area contributed by atoms with Gasteiger partial charge >= 0.3 is 5.97 Å². The maximum Gasteiger partial charge on any atom is 0.341 e. The predicted octanol–water partition coefficient (Wildman–Crippen LogP) is 2.19. The Kier molecular flexibility index (Phi) is 2.69. The molecule has 1 aliphatic rings. The maximum absolute atomic E-state index is 11.3. The van der Waals surface area contributed by atoms with Gasteiger partial charge < -0.3 is 9.47 Å². The fraction of sp³-hybridized carbons (Fsp3) is 0.545. The highest BCUT2D eigenvalue weighted by Crippen LogP contribution is 2.31. The quantitative estimate of drug-likeness (QED) is 0.603. The Morgan fingerprint density at radius 3 is 2.50 bits per heavy atom. The van der Waals surface area contributed by atoms with Crippen molar-refractivity contribution >= 4 is 5.97 Å². The zero-order chi connectivity index (χ0) is 10.9. The van der Waals surface area contributed by atoms with Crippen LogP contribution in [-0.4, -0.2) is 18.7 Å². The maximum atomic E-state index is 11.3. The summed E-state index contributed by atoms with van der Waals surface area (Å²) in [6.45, 7) is 7.65. The van der Waals surface area contributed by atoms with Crippen molar-refractivity contribution in [2.24, 2.45) is 0 Å². The summed E-state index contributed by atoms with van der Waals surface area (Å²) in [6, 6.07) is 0. The van der Waals surface area contributed by atoms with Gasteiger partial charge in [-0.25, -0.2) is 4.79 Å². The van der Waals surface area contributed by atoms with Crippen LogP contribution in [0.3, 0.4) is 0 Å². The van der Waals surface area contributed by atoms with Crippen LogP contribution in [0.2, 0.25) is 0 Å². The van der Waals surface area contributed by atoms with E-state index in [9.17, 15) is 4.79 Å². The Morgan fingerprint density at radius 2 is 2.00 bits per heavy atom. The molecule has 0 aromatic rings. The molecule has 0 aromatic carbocycles. The average Bonchev–Trinajstić information content (AvgIpc) is 2.09. The molecule has 0 saturated heterocycles. The van der Waals surface area contributed by atoms with E-state index in [2.05, 4.69) is 4.74 Å². The molecule has 0 aromatic heterocycles. The van der Waals surface area contributed by atoms with Gasteiger partial charge in [0.15, 0.2) is 0 Å². The average molecular weight is 196 g/mol. The second kappa shape index (κ2) is 3.48. The third-order valence-electron chi connectivity index (χ3n) is 2.50. The molecular weight excluding hydrogens is 180 g/mol. The van der Waals surface area contributed by atoms with Crippen LogP contribution in [0.4, 0.5) is 0 Å². The molecule has 0 aliphatic carbocycles. The van der Waals surface area contributed by atoms with Gasteiger partial charge in [-0.1, -0.05) is 0 Å². The van der Waals surface area contributed by atoms with Gasteiger partial charge in [-0.05, 0) is 39.3 Å². The molecule has 0 atom stereocenters. The lowest BCUT2D eigenvalue weighted by molar-refractivity contribution is -0.136. The molecule has 0 spiro atoms. The van der Waals surface area contributed by atoms with Crippen molar-refractivity contribution in [3.63, 3.8) is 0 Å². The standard InChI is InChI=1S/C11H16O3/c1-7-6-9(10(12)13-5)8(2)14-11(7,3)4/h6H,1-5H3. The van der Waals surface area contributed by atoms with Gasteiger partial charge in [-0.3, -0.25) is 0 Å². The minimum atomic E-state index is -0.350. The Labute approximate surface area is 84.4 Å². The number of hydrogen-bond donors (Lipinski definition) is 0. The first-order valence-electron chi connectivity index (χ1n) is 4.55. The molecule has 0 amide bonds. The molecule has 78 valence electrons. The van der Waals surface area contributed by atoms with Crippen LogP contribution in [-0.2, 0) is 14.3 Å². The molecule has 14 heavy (non-hydrogen) atoms. The smallest absolute Gasteiger partial charge is 0.341 e. The van der Waals surface area contributed by atoms with Crippen LogP contribution in [0.5, 0.6) is 0 Å². The fourth-order valence-electron chi connectivity index (χ4n) is 1.32. The molecule has 1 heterocycles. The number of hydrogen-bond acceptors (Lipinski definition) is 3. The molecule has 1 aliphatic heterocycles. The van der Waals surface area contributed by atoms with Crippen molar-refractivity contribution in [1.29, 1.82) is 0 Å². The highest BCUT2D eigenvalue weighted by Gasteiger charge is 2.29. The van der Waals surface area contributed by atoms with Crippen LogP contribution in [0, 0.1) is 0 Å². The number of methoxy groups -OCH3 is 1. The topological polar surface area (TPSA) is 35.5 Å². The summed E-state index contributed by atoms with van der Waals surface area (Å²) < 4.78 is 10.3. The zero-order valence-corrected chi connectivity index (χ0v) is 9.30. The van der Waals surface area contributed by atoms with Gasteiger partial charge in [-0.15, -0.1) is 0 Å². The first-order valence-corrected chi connectivity index (χ1v) is 4.55. The van der Waals surface area contributed by atoms with Crippen LogP contribution in [0.1, 0.15) is 27.7 Å². The van der Waals surface area contributed by atoms with E-state index in [1.54, 1.807) is 6.92 Å². The van der Waals surface area contributed by atoms with Gasteiger partial charge in [0, 0.05) is 0 Å². The highest BCUT2D eigenvalue weighted by atomic mass is 16.5. The van der Waals surface area contributed by atoms with E-state index in [-0.39, 0.29) is 11.6 Å². The third kappa shape index (κ3) is 1.81. The molecule has 3 heteroatoms. The lowest BCUT2D eigenvalue weighted by Gasteiger charge is -2.32. The fourth-order valence-corrected chi connectivity index (χ4v) is 1.32. The van der Waals surface area contributed by atoms with Crippen molar-refractivity contribution in [3.8, 4) is 0 Å². The summed E-state index contributed by atoms with van der Waals surface area (Å²) in [5.74, 6) is 0.268. The van der Waals surface area contributed by atoms with Crippen molar-refractivity contribution in [2.75, 3.05) is 7.11 Å². The number of ether oxygens (including phenoxy) is 2. The molecular formula is C11H16O3. The second-order valence-corrected chi connectivity index (χ2v) is 3.90. The summed E-state index contributed by atoms with van der Waals surface area (Å²) in [5.41, 5.74) is 1.19. The lowest BCUT2D eigenvalue weighted by atomic mass is 9.94. The molecule has 0 saturated carbocycles. The number of rotatable bonds is 1. The van der Waals surface area contributed by atoms with Gasteiger partial charge in [0.25, 0.3) is 0 Å². The van der Waals surface area contributed by atoms with Crippen LogP contribution in [0.25, 0.3) is 0 Å². The predicted molar refractivity (Wildman–Crippen MR) is 53.6 cm³/mol. The van der Waals surface area contributed by atoms with E-state index in [0.29, 0.717) is 11.3 Å². The molecule has 3 nitrogen and oxygen atoms in total. The monoisotopic (exact) mass is 196 g/mol. The first-order chi connectivity index (χ1) is 6.38. The summed E-state index contributed by atoms with van der Waals surface area (Å²) in [4.78, 5) is 11.3. The van der Waals surface area contributed by atoms with Crippen LogP contribution < -0.4 is 0 Å². The van der Waals surface area contributed by atoms with E-state index in [4.69, 9.17) is 4.74 Å². The van der Waals surface area contributed by atoms with Crippen molar-refractivity contribution in [3.05, 3.63) is 23.0 Å². The summed E-state index contributed by atoms with van der Waals surface area (Å²) >= 11 is 0. The molecule has 0 fully saturated rings. The molecule has 0 radical (unpaired) electrons. The van der Waals surface area contributed by atoms with E-state index >= 15 is 0 Å². The van der Waals surface area contributed by atoms with Gasteiger partial charge in [0.05, 0.1) is 12.7 Å². The molecule has 0 bridgehead atoms. The van der Waals surface area contributed by atoms with Crippen LogP contribution >= 0.6 is 0 Å². The van der Waals surface area contributed by atoms with Crippen molar-refractivity contribution in [1.82, 2.24) is 0 Å². The minimum absolute atomic E-state index is 0.332. The molecule has 0 N–H and O–H groups in total. The van der Waals surface area contributed by atoms with E-state index in [1.165, 1.54) is 7.11 Å². The van der Waals surface area contributed by atoms with E-state index < -0.39 is 0 Å². The normalized spacial score (nSPS) is 19.9. The molecule has 0 unspecified atom stereocenters.